The molecule has 1 aliphatic rings. The molecule has 1 fully saturated rings. The molecule has 0 aromatic heterocycles. The fourth-order valence-electron chi connectivity index (χ4n) is 3.00. The predicted molar refractivity (Wildman–Crippen MR) is 96.5 cm³/mol. The third-order valence-corrected chi connectivity index (χ3v) is 4.45. The number of carbonyl (C=O) groups is 3. The SMILES string of the molecule is COC(=O)[C@@H]1C[C@@H](O)CN1C(=O)[C@@H](NC(=O)OCc1ccccc1)C(C)C. The number of ether oxygens (including phenoxy) is 2. The molecule has 1 aliphatic heterocycles. The Kier molecular flexibility index (Phi) is 7.18. The molecule has 0 bridgehead atoms. The summed E-state index contributed by atoms with van der Waals surface area (Å²) in [7, 11) is 1.23. The lowest BCUT2D eigenvalue weighted by Gasteiger charge is -2.29. The van der Waals surface area contributed by atoms with Gasteiger partial charge in [0.15, 0.2) is 0 Å². The van der Waals surface area contributed by atoms with E-state index in [-0.39, 0.29) is 25.5 Å². The molecule has 0 radical (unpaired) electrons. The van der Waals surface area contributed by atoms with E-state index in [0.29, 0.717) is 0 Å². The first-order valence-electron chi connectivity index (χ1n) is 8.87. The summed E-state index contributed by atoms with van der Waals surface area (Å²) in [5.41, 5.74) is 0.827. The van der Waals surface area contributed by atoms with Gasteiger partial charge in [-0.15, -0.1) is 0 Å². The Morgan fingerprint density at radius 3 is 2.52 bits per heavy atom. The van der Waals surface area contributed by atoms with E-state index in [1.54, 1.807) is 13.8 Å². The highest BCUT2D eigenvalue weighted by Gasteiger charge is 2.42. The lowest BCUT2D eigenvalue weighted by Crippen LogP contribution is -2.54. The second kappa shape index (κ2) is 9.36. The predicted octanol–water partition coefficient (Wildman–Crippen LogP) is 1.07. The first-order chi connectivity index (χ1) is 12.8. The van der Waals surface area contributed by atoms with Crippen molar-refractivity contribution in [2.45, 2.75) is 45.1 Å². The van der Waals surface area contributed by atoms with Crippen LogP contribution in [0.3, 0.4) is 0 Å². The van der Waals surface area contributed by atoms with Crippen molar-refractivity contribution in [3.63, 3.8) is 0 Å². The number of esters is 1. The van der Waals surface area contributed by atoms with Gasteiger partial charge < -0.3 is 24.8 Å². The summed E-state index contributed by atoms with van der Waals surface area (Å²) in [5.74, 6) is -1.28. The molecule has 2 rings (SSSR count). The fourth-order valence-corrected chi connectivity index (χ4v) is 3.00. The average Bonchev–Trinajstić information content (AvgIpc) is 3.05. The monoisotopic (exact) mass is 378 g/mol. The van der Waals surface area contributed by atoms with Gasteiger partial charge >= 0.3 is 12.1 Å². The van der Waals surface area contributed by atoms with E-state index in [2.05, 4.69) is 5.32 Å². The highest BCUT2D eigenvalue weighted by Crippen LogP contribution is 2.21. The minimum absolute atomic E-state index is 0.0164. The number of hydrogen-bond acceptors (Lipinski definition) is 6. The highest BCUT2D eigenvalue weighted by atomic mass is 16.5. The van der Waals surface area contributed by atoms with Gasteiger partial charge in [0, 0.05) is 13.0 Å². The molecule has 0 unspecified atom stereocenters. The molecule has 0 aliphatic carbocycles. The van der Waals surface area contributed by atoms with Crippen LogP contribution in [0.5, 0.6) is 0 Å². The van der Waals surface area contributed by atoms with Gasteiger partial charge in [-0.2, -0.15) is 0 Å². The topological polar surface area (TPSA) is 105 Å². The lowest BCUT2D eigenvalue weighted by atomic mass is 10.0. The number of rotatable bonds is 6. The Bertz CT molecular complexity index is 663. The lowest BCUT2D eigenvalue weighted by molar-refractivity contribution is -0.151. The zero-order valence-electron chi connectivity index (χ0n) is 15.8. The Morgan fingerprint density at radius 2 is 1.93 bits per heavy atom. The molecule has 1 heterocycles. The summed E-state index contributed by atoms with van der Waals surface area (Å²) in [6, 6.07) is 7.44. The number of amides is 2. The summed E-state index contributed by atoms with van der Waals surface area (Å²) < 4.78 is 9.89. The first-order valence-corrected chi connectivity index (χ1v) is 8.87. The van der Waals surface area contributed by atoms with E-state index in [4.69, 9.17) is 9.47 Å². The molecule has 1 aromatic rings. The number of aliphatic hydroxyl groups is 1. The second-order valence-electron chi connectivity index (χ2n) is 6.85. The van der Waals surface area contributed by atoms with Crippen LogP contribution in [0.15, 0.2) is 30.3 Å². The van der Waals surface area contributed by atoms with Crippen LogP contribution in [0.2, 0.25) is 0 Å². The quantitative estimate of drug-likeness (QED) is 0.718. The van der Waals surface area contributed by atoms with E-state index in [0.717, 1.165) is 5.56 Å². The smallest absolute Gasteiger partial charge is 0.408 e. The molecule has 1 saturated heterocycles. The van der Waals surface area contributed by atoms with Crippen molar-refractivity contribution in [2.24, 2.45) is 5.92 Å². The molecular weight excluding hydrogens is 352 g/mol. The van der Waals surface area contributed by atoms with Crippen molar-refractivity contribution in [2.75, 3.05) is 13.7 Å². The minimum atomic E-state index is -0.884. The van der Waals surface area contributed by atoms with E-state index in [9.17, 15) is 19.5 Å². The molecule has 1 aromatic carbocycles. The van der Waals surface area contributed by atoms with Crippen LogP contribution in [0.1, 0.15) is 25.8 Å². The molecule has 8 nitrogen and oxygen atoms in total. The number of β-amino-alcohol motifs (C(OH)–C–C–N with tert-alkyl or cyclic N) is 1. The van der Waals surface area contributed by atoms with Gasteiger partial charge in [0.05, 0.1) is 13.2 Å². The standard InChI is InChI=1S/C19H26N2O6/c1-12(2)16(20-19(25)27-11-13-7-5-4-6-8-13)17(23)21-10-14(22)9-15(21)18(24)26-3/h4-8,12,14-16,22H,9-11H2,1-3H3,(H,20,25)/t14-,15+,16+/m1/s1. The molecule has 8 heteroatoms. The molecule has 148 valence electrons. The molecule has 27 heavy (non-hydrogen) atoms. The van der Waals surface area contributed by atoms with Gasteiger partial charge in [0.1, 0.15) is 18.7 Å². The van der Waals surface area contributed by atoms with Crippen LogP contribution in [-0.4, -0.2) is 59.8 Å². The summed E-state index contributed by atoms with van der Waals surface area (Å²) in [6.07, 6.45) is -1.42. The van der Waals surface area contributed by atoms with Crippen molar-refractivity contribution in [3.8, 4) is 0 Å². The Morgan fingerprint density at radius 1 is 1.26 bits per heavy atom. The number of likely N-dealkylation sites (tertiary alicyclic amines) is 1. The fraction of sp³-hybridized carbons (Fsp3) is 0.526. The zero-order chi connectivity index (χ0) is 20.0. The number of benzene rings is 1. The van der Waals surface area contributed by atoms with Crippen molar-refractivity contribution in [1.29, 1.82) is 0 Å². The minimum Gasteiger partial charge on any atom is -0.467 e. The molecule has 0 spiro atoms. The number of alkyl carbamates (subject to hydrolysis) is 1. The number of nitrogens with one attached hydrogen (secondary N) is 1. The maximum Gasteiger partial charge on any atom is 0.408 e. The summed E-state index contributed by atoms with van der Waals surface area (Å²) in [6.45, 7) is 3.65. The molecular formula is C19H26N2O6. The maximum absolute atomic E-state index is 12.9. The van der Waals surface area contributed by atoms with Crippen molar-refractivity contribution < 1.29 is 29.0 Å². The van der Waals surface area contributed by atoms with Crippen molar-refractivity contribution in [1.82, 2.24) is 10.2 Å². The average molecular weight is 378 g/mol. The number of methoxy groups -OCH3 is 1. The van der Waals surface area contributed by atoms with Crippen molar-refractivity contribution >= 4 is 18.0 Å². The molecule has 2 N–H and O–H groups in total. The normalized spacial score (nSPS) is 20.3. The van der Waals surface area contributed by atoms with E-state index >= 15 is 0 Å². The second-order valence-corrected chi connectivity index (χ2v) is 6.85. The molecule has 3 atom stereocenters. The van der Waals surface area contributed by atoms with Gasteiger partial charge in [0.2, 0.25) is 5.91 Å². The largest absolute Gasteiger partial charge is 0.467 e. The van der Waals surface area contributed by atoms with Gasteiger partial charge in [-0.3, -0.25) is 4.79 Å². The van der Waals surface area contributed by atoms with Crippen LogP contribution in [0, 0.1) is 5.92 Å². The number of hydrogen-bond donors (Lipinski definition) is 2. The third kappa shape index (κ3) is 5.43. The summed E-state index contributed by atoms with van der Waals surface area (Å²) >= 11 is 0. The zero-order valence-corrected chi connectivity index (χ0v) is 15.8. The van der Waals surface area contributed by atoms with Crippen LogP contribution in [-0.2, 0) is 25.7 Å². The highest BCUT2D eigenvalue weighted by molar-refractivity contribution is 5.90. The summed E-state index contributed by atoms with van der Waals surface area (Å²) in [5, 5.41) is 12.4. The van der Waals surface area contributed by atoms with Gasteiger partial charge in [-0.25, -0.2) is 9.59 Å². The van der Waals surface area contributed by atoms with Crippen LogP contribution in [0.25, 0.3) is 0 Å². The number of nitrogens with zero attached hydrogens (tertiary/aromatic N) is 1. The van der Waals surface area contributed by atoms with Crippen LogP contribution in [0.4, 0.5) is 4.79 Å². The first kappa shape index (κ1) is 20.7. The van der Waals surface area contributed by atoms with E-state index in [1.807, 2.05) is 30.3 Å². The van der Waals surface area contributed by atoms with E-state index < -0.39 is 36.2 Å². The van der Waals surface area contributed by atoms with E-state index in [1.165, 1.54) is 12.0 Å². The van der Waals surface area contributed by atoms with Gasteiger partial charge in [-0.1, -0.05) is 44.2 Å². The Hall–Kier alpha value is -2.61. The number of aliphatic hydroxyl groups excluding tert-OH is 1. The Labute approximate surface area is 158 Å². The van der Waals surface area contributed by atoms with Crippen LogP contribution >= 0.6 is 0 Å². The third-order valence-electron chi connectivity index (χ3n) is 4.45. The van der Waals surface area contributed by atoms with Crippen LogP contribution < -0.4 is 5.32 Å². The summed E-state index contributed by atoms with van der Waals surface area (Å²) in [4.78, 5) is 38.2. The maximum atomic E-state index is 12.9. The number of carbonyl (C=O) groups excluding carboxylic acids is 3. The molecule has 0 saturated carbocycles. The Balaban J connectivity index is 2.01. The van der Waals surface area contributed by atoms with Gasteiger partial charge in [-0.05, 0) is 11.5 Å². The molecule has 2 amide bonds. The van der Waals surface area contributed by atoms with Gasteiger partial charge in [0.25, 0.3) is 0 Å². The van der Waals surface area contributed by atoms with Crippen molar-refractivity contribution in [3.05, 3.63) is 35.9 Å².